The van der Waals surface area contributed by atoms with Crippen molar-refractivity contribution >= 4 is 16.9 Å². The van der Waals surface area contributed by atoms with E-state index in [0.29, 0.717) is 26.2 Å². The van der Waals surface area contributed by atoms with E-state index in [4.69, 9.17) is 9.72 Å². The first-order valence-electron chi connectivity index (χ1n) is 9.03. The van der Waals surface area contributed by atoms with Crippen molar-refractivity contribution in [1.82, 2.24) is 19.4 Å². The van der Waals surface area contributed by atoms with Crippen LogP contribution in [0.4, 0.5) is 0 Å². The number of imidazole rings is 1. The van der Waals surface area contributed by atoms with Gasteiger partial charge in [-0.05, 0) is 40.0 Å². The Labute approximate surface area is 149 Å². The standard InChI is InChI=1S/C19H28N4O2/c1-5-23-17-9-7-6-8-16(17)20-18(23)12-21(4)13-19(24)22-10-14(2)25-15(3)11-22/h6-9,14-15H,5,10-13H2,1-4H3/t14-,15-/m0/s1. The quantitative estimate of drug-likeness (QED) is 0.834. The number of aromatic nitrogens is 2. The molecule has 0 unspecified atom stereocenters. The highest BCUT2D eigenvalue weighted by atomic mass is 16.5. The van der Waals surface area contributed by atoms with Crippen molar-refractivity contribution in [3.8, 4) is 0 Å². The van der Waals surface area contributed by atoms with Crippen LogP contribution in [0, 0.1) is 0 Å². The smallest absolute Gasteiger partial charge is 0.236 e. The van der Waals surface area contributed by atoms with Crippen LogP contribution in [0.25, 0.3) is 11.0 Å². The summed E-state index contributed by atoms with van der Waals surface area (Å²) < 4.78 is 7.93. The van der Waals surface area contributed by atoms with Crippen molar-refractivity contribution in [2.45, 2.75) is 46.1 Å². The summed E-state index contributed by atoms with van der Waals surface area (Å²) in [5.74, 6) is 1.16. The SMILES string of the molecule is CCn1c(CN(C)CC(=O)N2C[C@H](C)O[C@@H](C)C2)nc2ccccc21. The highest BCUT2D eigenvalue weighted by molar-refractivity contribution is 5.78. The lowest BCUT2D eigenvalue weighted by Gasteiger charge is -2.36. The van der Waals surface area contributed by atoms with E-state index in [9.17, 15) is 4.79 Å². The van der Waals surface area contributed by atoms with Crippen LogP contribution in [0.5, 0.6) is 0 Å². The summed E-state index contributed by atoms with van der Waals surface area (Å²) in [5, 5.41) is 0. The molecule has 0 spiro atoms. The molecule has 0 radical (unpaired) electrons. The molecule has 0 saturated carbocycles. The van der Waals surface area contributed by atoms with Crippen molar-refractivity contribution in [2.24, 2.45) is 0 Å². The fourth-order valence-electron chi connectivity index (χ4n) is 3.61. The molecule has 1 aliphatic rings. The van der Waals surface area contributed by atoms with Gasteiger partial charge in [0.2, 0.25) is 5.91 Å². The van der Waals surface area contributed by atoms with Gasteiger partial charge in [-0.2, -0.15) is 0 Å². The van der Waals surface area contributed by atoms with Crippen LogP contribution in [0.2, 0.25) is 0 Å². The third-order valence-corrected chi connectivity index (χ3v) is 4.64. The third-order valence-electron chi connectivity index (χ3n) is 4.64. The topological polar surface area (TPSA) is 50.6 Å². The maximum atomic E-state index is 12.6. The zero-order chi connectivity index (χ0) is 18.0. The van der Waals surface area contributed by atoms with Crippen LogP contribution in [0.15, 0.2) is 24.3 Å². The molecule has 136 valence electrons. The normalized spacial score (nSPS) is 21.2. The Bertz CT molecular complexity index is 732. The Morgan fingerprint density at radius 1 is 1.28 bits per heavy atom. The summed E-state index contributed by atoms with van der Waals surface area (Å²) in [6.45, 7) is 9.42. The molecule has 0 N–H and O–H groups in total. The van der Waals surface area contributed by atoms with Gasteiger partial charge in [-0.3, -0.25) is 9.69 Å². The molecule has 1 aromatic heterocycles. The van der Waals surface area contributed by atoms with Gasteiger partial charge >= 0.3 is 0 Å². The van der Waals surface area contributed by atoms with E-state index in [1.807, 2.05) is 48.9 Å². The Morgan fingerprint density at radius 2 is 1.96 bits per heavy atom. The second-order valence-corrected chi connectivity index (χ2v) is 6.99. The van der Waals surface area contributed by atoms with E-state index in [0.717, 1.165) is 23.4 Å². The largest absolute Gasteiger partial charge is 0.372 e. The molecule has 2 heterocycles. The average Bonchev–Trinajstić information content (AvgIpc) is 2.90. The molecule has 6 heteroatoms. The molecule has 1 saturated heterocycles. The Hall–Kier alpha value is -1.92. The predicted molar refractivity (Wildman–Crippen MR) is 98.3 cm³/mol. The number of benzene rings is 1. The van der Waals surface area contributed by atoms with E-state index in [-0.39, 0.29) is 18.1 Å². The second kappa shape index (κ2) is 7.54. The van der Waals surface area contributed by atoms with E-state index in [1.165, 1.54) is 0 Å². The molecule has 6 nitrogen and oxygen atoms in total. The second-order valence-electron chi connectivity index (χ2n) is 6.99. The number of para-hydroxylation sites is 2. The molecule has 1 aromatic carbocycles. The van der Waals surface area contributed by atoms with Crippen molar-refractivity contribution in [3.63, 3.8) is 0 Å². The minimum Gasteiger partial charge on any atom is -0.372 e. The highest BCUT2D eigenvalue weighted by Gasteiger charge is 2.26. The van der Waals surface area contributed by atoms with Gasteiger partial charge in [0.25, 0.3) is 0 Å². The van der Waals surface area contributed by atoms with Crippen LogP contribution in [-0.4, -0.2) is 64.1 Å². The van der Waals surface area contributed by atoms with Crippen molar-refractivity contribution in [2.75, 3.05) is 26.7 Å². The lowest BCUT2D eigenvalue weighted by molar-refractivity contribution is -0.144. The molecule has 0 bridgehead atoms. The van der Waals surface area contributed by atoms with Crippen molar-refractivity contribution in [3.05, 3.63) is 30.1 Å². The van der Waals surface area contributed by atoms with Gasteiger partial charge in [-0.25, -0.2) is 4.98 Å². The Balaban J connectivity index is 1.66. The molecule has 1 aliphatic heterocycles. The maximum absolute atomic E-state index is 12.6. The van der Waals surface area contributed by atoms with Gasteiger partial charge in [0.15, 0.2) is 0 Å². The first-order valence-corrected chi connectivity index (χ1v) is 9.03. The molecule has 1 fully saturated rings. The monoisotopic (exact) mass is 344 g/mol. The zero-order valence-electron chi connectivity index (χ0n) is 15.6. The first-order chi connectivity index (χ1) is 12.0. The van der Waals surface area contributed by atoms with E-state index in [1.54, 1.807) is 0 Å². The number of nitrogens with zero attached hydrogens (tertiary/aromatic N) is 4. The molecule has 3 rings (SSSR count). The highest BCUT2D eigenvalue weighted by Crippen LogP contribution is 2.17. The number of ether oxygens (including phenoxy) is 1. The van der Waals surface area contributed by atoms with E-state index < -0.39 is 0 Å². The third kappa shape index (κ3) is 4.02. The molecular weight excluding hydrogens is 316 g/mol. The van der Waals surface area contributed by atoms with Gasteiger partial charge < -0.3 is 14.2 Å². The van der Waals surface area contributed by atoms with Gasteiger partial charge in [0.05, 0.1) is 36.3 Å². The summed E-state index contributed by atoms with van der Waals surface area (Å²) >= 11 is 0. The first kappa shape index (κ1) is 17.9. The summed E-state index contributed by atoms with van der Waals surface area (Å²) in [5.41, 5.74) is 2.16. The number of aryl methyl sites for hydroxylation is 1. The maximum Gasteiger partial charge on any atom is 0.236 e. The molecule has 25 heavy (non-hydrogen) atoms. The fourth-order valence-corrected chi connectivity index (χ4v) is 3.61. The molecule has 2 aromatic rings. The number of carbonyl (C=O) groups excluding carboxylic acids is 1. The number of morpholine rings is 1. The van der Waals surface area contributed by atoms with Gasteiger partial charge in [-0.1, -0.05) is 12.1 Å². The minimum atomic E-state index is 0.0993. The number of likely N-dealkylation sites (N-methyl/N-ethyl adjacent to an activating group) is 1. The van der Waals surface area contributed by atoms with E-state index in [2.05, 4.69) is 17.6 Å². The minimum absolute atomic E-state index is 0.0993. The lowest BCUT2D eigenvalue weighted by atomic mass is 10.2. The number of amides is 1. The Morgan fingerprint density at radius 3 is 2.64 bits per heavy atom. The number of rotatable bonds is 5. The van der Waals surface area contributed by atoms with Crippen LogP contribution in [0.3, 0.4) is 0 Å². The number of hydrogen-bond donors (Lipinski definition) is 0. The Kier molecular flexibility index (Phi) is 5.39. The summed E-state index contributed by atoms with van der Waals surface area (Å²) in [4.78, 5) is 21.3. The fraction of sp³-hybridized carbons (Fsp3) is 0.579. The predicted octanol–water partition coefficient (Wildman–Crippen LogP) is 2.12. The van der Waals surface area contributed by atoms with Crippen molar-refractivity contribution in [1.29, 1.82) is 0 Å². The molecule has 1 amide bonds. The summed E-state index contributed by atoms with van der Waals surface area (Å²) in [7, 11) is 1.98. The van der Waals surface area contributed by atoms with Crippen LogP contribution < -0.4 is 0 Å². The summed E-state index contributed by atoms with van der Waals surface area (Å²) in [6, 6.07) is 8.17. The molecule has 2 atom stereocenters. The van der Waals surface area contributed by atoms with Gasteiger partial charge in [0, 0.05) is 19.6 Å². The van der Waals surface area contributed by atoms with Crippen LogP contribution >= 0.6 is 0 Å². The van der Waals surface area contributed by atoms with Crippen LogP contribution in [-0.2, 0) is 22.6 Å². The number of hydrogen-bond acceptors (Lipinski definition) is 4. The average molecular weight is 344 g/mol. The lowest BCUT2D eigenvalue weighted by Crippen LogP contribution is -2.50. The van der Waals surface area contributed by atoms with Gasteiger partial charge in [0.1, 0.15) is 5.82 Å². The molecular formula is C19H28N4O2. The zero-order valence-corrected chi connectivity index (χ0v) is 15.6. The number of fused-ring (bicyclic) bond motifs is 1. The van der Waals surface area contributed by atoms with Crippen molar-refractivity contribution < 1.29 is 9.53 Å². The van der Waals surface area contributed by atoms with Crippen LogP contribution in [0.1, 0.15) is 26.6 Å². The number of carbonyl (C=O) groups is 1. The van der Waals surface area contributed by atoms with E-state index >= 15 is 0 Å². The van der Waals surface area contributed by atoms with Gasteiger partial charge in [-0.15, -0.1) is 0 Å². The summed E-state index contributed by atoms with van der Waals surface area (Å²) in [6.07, 6.45) is 0.199. The molecule has 0 aliphatic carbocycles.